The number of hydrogen-bond acceptors (Lipinski definition) is 3. The lowest BCUT2D eigenvalue weighted by molar-refractivity contribution is -0.116. The van der Waals surface area contributed by atoms with Crippen LogP contribution in [0.2, 0.25) is 5.15 Å². The van der Waals surface area contributed by atoms with Crippen LogP contribution in [0, 0.1) is 0 Å². The highest BCUT2D eigenvalue weighted by Gasteiger charge is 2.10. The first-order chi connectivity index (χ1) is 8.06. The topological polar surface area (TPSA) is 74.8 Å². The van der Waals surface area contributed by atoms with E-state index >= 15 is 0 Å². The number of fused-ring (bicyclic) bond motifs is 1. The predicted molar refractivity (Wildman–Crippen MR) is 64.1 cm³/mol. The van der Waals surface area contributed by atoms with Crippen molar-refractivity contribution in [3.05, 3.63) is 29.0 Å². The molecule has 2 heterocycles. The minimum atomic E-state index is -0.339. The summed E-state index contributed by atoms with van der Waals surface area (Å²) in [7, 11) is 0. The Morgan fingerprint density at radius 1 is 1.47 bits per heavy atom. The fourth-order valence-corrected chi connectivity index (χ4v) is 1.55. The zero-order valence-corrected chi connectivity index (χ0v) is 9.84. The maximum absolute atomic E-state index is 11.6. The third-order valence-corrected chi connectivity index (χ3v) is 2.40. The summed E-state index contributed by atoms with van der Waals surface area (Å²) < 4.78 is 0. The van der Waals surface area contributed by atoms with Crippen LogP contribution in [0.1, 0.15) is 17.4 Å². The van der Waals surface area contributed by atoms with Gasteiger partial charge in [0.05, 0.1) is 6.54 Å². The second-order valence-corrected chi connectivity index (χ2v) is 4.03. The maximum Gasteiger partial charge on any atom is 0.268 e. The van der Waals surface area contributed by atoms with E-state index in [9.17, 15) is 9.59 Å². The number of hydrogen-bond donors (Lipinski definition) is 2. The molecule has 5 nitrogen and oxygen atoms in total. The van der Waals surface area contributed by atoms with Crippen molar-refractivity contribution < 1.29 is 9.59 Å². The molecule has 0 aromatic carbocycles. The summed E-state index contributed by atoms with van der Waals surface area (Å²) >= 11 is 5.73. The molecule has 2 aromatic rings. The Hall–Kier alpha value is -1.88. The van der Waals surface area contributed by atoms with Crippen LogP contribution in [0.5, 0.6) is 0 Å². The van der Waals surface area contributed by atoms with Crippen molar-refractivity contribution in [2.45, 2.75) is 6.92 Å². The Morgan fingerprint density at radius 3 is 2.94 bits per heavy atom. The van der Waals surface area contributed by atoms with Crippen molar-refractivity contribution in [2.24, 2.45) is 0 Å². The number of Topliss-reactive ketones (excluding diaryl/α,β-unsaturated/α-hetero) is 1. The number of rotatable bonds is 3. The van der Waals surface area contributed by atoms with E-state index in [0.29, 0.717) is 16.5 Å². The van der Waals surface area contributed by atoms with Crippen LogP contribution in [0.3, 0.4) is 0 Å². The number of aromatic amines is 1. The van der Waals surface area contributed by atoms with Crippen molar-refractivity contribution in [3.8, 4) is 0 Å². The lowest BCUT2D eigenvalue weighted by atomic mass is 10.3. The molecule has 2 aromatic heterocycles. The van der Waals surface area contributed by atoms with E-state index in [-0.39, 0.29) is 18.2 Å². The van der Waals surface area contributed by atoms with Crippen molar-refractivity contribution >= 4 is 34.3 Å². The molecule has 2 rings (SSSR count). The van der Waals surface area contributed by atoms with E-state index in [1.54, 1.807) is 18.2 Å². The van der Waals surface area contributed by atoms with Gasteiger partial charge in [0, 0.05) is 5.39 Å². The smallest absolute Gasteiger partial charge is 0.268 e. The zero-order valence-electron chi connectivity index (χ0n) is 9.08. The molecule has 1 amide bonds. The summed E-state index contributed by atoms with van der Waals surface area (Å²) in [5, 5.41) is 3.64. The number of carbonyl (C=O) groups is 2. The molecule has 0 atom stereocenters. The highest BCUT2D eigenvalue weighted by molar-refractivity contribution is 6.29. The van der Waals surface area contributed by atoms with Gasteiger partial charge < -0.3 is 10.3 Å². The molecule has 0 bridgehead atoms. The van der Waals surface area contributed by atoms with Crippen LogP contribution < -0.4 is 5.32 Å². The lowest BCUT2D eigenvalue weighted by Crippen LogP contribution is -2.28. The molecule has 0 saturated heterocycles. The minimum absolute atomic E-state index is 0.0163. The van der Waals surface area contributed by atoms with E-state index in [0.717, 1.165) is 5.39 Å². The molecule has 0 fully saturated rings. The van der Waals surface area contributed by atoms with Gasteiger partial charge in [-0.25, -0.2) is 4.98 Å². The van der Waals surface area contributed by atoms with Gasteiger partial charge in [0.2, 0.25) is 0 Å². The summed E-state index contributed by atoms with van der Waals surface area (Å²) in [5.41, 5.74) is 0.904. The van der Waals surface area contributed by atoms with Crippen LogP contribution in [-0.4, -0.2) is 28.2 Å². The van der Waals surface area contributed by atoms with Gasteiger partial charge in [0.1, 0.15) is 22.3 Å². The van der Waals surface area contributed by atoms with E-state index in [4.69, 9.17) is 11.6 Å². The molecule has 0 aliphatic heterocycles. The molecular weight excluding hydrogens is 242 g/mol. The third kappa shape index (κ3) is 2.62. The largest absolute Gasteiger partial charge is 0.344 e. The van der Waals surface area contributed by atoms with Crippen molar-refractivity contribution in [3.63, 3.8) is 0 Å². The number of amides is 1. The number of nitrogens with zero attached hydrogens (tertiary/aromatic N) is 1. The first-order valence-electron chi connectivity index (χ1n) is 4.99. The second-order valence-electron chi connectivity index (χ2n) is 3.64. The minimum Gasteiger partial charge on any atom is -0.344 e. The van der Waals surface area contributed by atoms with Crippen LogP contribution in [0.15, 0.2) is 18.2 Å². The second kappa shape index (κ2) is 4.55. The van der Waals surface area contributed by atoms with Gasteiger partial charge in [-0.15, -0.1) is 0 Å². The van der Waals surface area contributed by atoms with Crippen LogP contribution >= 0.6 is 11.6 Å². The van der Waals surface area contributed by atoms with Gasteiger partial charge in [0.25, 0.3) is 5.91 Å². The summed E-state index contributed by atoms with van der Waals surface area (Å²) in [4.78, 5) is 29.3. The van der Waals surface area contributed by atoms with Gasteiger partial charge >= 0.3 is 0 Å². The SMILES string of the molecule is CC(=O)CNC(=O)c1cc2ccc(Cl)nc2[nH]1. The summed E-state index contributed by atoms with van der Waals surface area (Å²) in [5.74, 6) is -0.440. The number of aromatic nitrogens is 2. The number of ketones is 1. The first-order valence-corrected chi connectivity index (χ1v) is 5.37. The third-order valence-electron chi connectivity index (χ3n) is 2.19. The van der Waals surface area contributed by atoms with Crippen molar-refractivity contribution in [2.75, 3.05) is 6.54 Å². The number of carbonyl (C=O) groups excluding carboxylic acids is 2. The molecule has 0 unspecified atom stereocenters. The van der Waals surface area contributed by atoms with Crippen LogP contribution in [0.4, 0.5) is 0 Å². The molecule has 0 saturated carbocycles. The molecule has 2 N–H and O–H groups in total. The van der Waals surface area contributed by atoms with E-state index in [1.165, 1.54) is 6.92 Å². The fourth-order valence-electron chi connectivity index (χ4n) is 1.40. The standard InChI is InChI=1S/C11H10ClN3O2/c1-6(16)5-13-11(17)8-4-7-2-3-9(12)15-10(7)14-8/h2-4H,5H2,1H3,(H,13,17)(H,14,15). The molecule has 88 valence electrons. The van der Waals surface area contributed by atoms with Gasteiger partial charge in [-0.1, -0.05) is 11.6 Å². The lowest BCUT2D eigenvalue weighted by Gasteiger charge is -1.99. The van der Waals surface area contributed by atoms with Crippen LogP contribution in [0.25, 0.3) is 11.0 Å². The molecule has 0 aliphatic carbocycles. The summed E-state index contributed by atoms with van der Waals surface area (Å²) in [6, 6.07) is 5.08. The van der Waals surface area contributed by atoms with E-state index in [2.05, 4.69) is 15.3 Å². The van der Waals surface area contributed by atoms with Gasteiger partial charge in [-0.2, -0.15) is 0 Å². The Kier molecular flexibility index (Phi) is 3.10. The average molecular weight is 252 g/mol. The molecule has 6 heteroatoms. The van der Waals surface area contributed by atoms with Gasteiger partial charge in [-0.05, 0) is 25.1 Å². The summed E-state index contributed by atoms with van der Waals surface area (Å²) in [6.07, 6.45) is 0. The quantitative estimate of drug-likeness (QED) is 0.813. The number of nitrogens with one attached hydrogen (secondary N) is 2. The van der Waals surface area contributed by atoms with Crippen molar-refractivity contribution in [1.82, 2.24) is 15.3 Å². The molecular formula is C11H10ClN3O2. The fraction of sp³-hybridized carbons (Fsp3) is 0.182. The number of pyridine rings is 1. The molecule has 17 heavy (non-hydrogen) atoms. The summed E-state index contributed by atoms with van der Waals surface area (Å²) in [6.45, 7) is 1.43. The molecule has 0 radical (unpaired) electrons. The van der Waals surface area contributed by atoms with Crippen molar-refractivity contribution in [1.29, 1.82) is 0 Å². The normalized spacial score (nSPS) is 10.5. The average Bonchev–Trinajstić information content (AvgIpc) is 2.68. The Bertz CT molecular complexity index is 591. The Labute approximate surface area is 102 Å². The Morgan fingerprint density at radius 2 is 2.24 bits per heavy atom. The first kappa shape index (κ1) is 11.6. The maximum atomic E-state index is 11.6. The number of halogens is 1. The molecule has 0 aliphatic rings. The molecule has 0 spiro atoms. The highest BCUT2D eigenvalue weighted by Crippen LogP contribution is 2.16. The predicted octanol–water partition coefficient (Wildman–Crippen LogP) is 1.54. The Balaban J connectivity index is 2.24. The van der Waals surface area contributed by atoms with Crippen LogP contribution in [-0.2, 0) is 4.79 Å². The van der Waals surface area contributed by atoms with E-state index < -0.39 is 0 Å². The van der Waals surface area contributed by atoms with E-state index in [1.807, 2.05) is 0 Å². The van der Waals surface area contributed by atoms with Gasteiger partial charge in [-0.3, -0.25) is 9.59 Å². The highest BCUT2D eigenvalue weighted by atomic mass is 35.5. The zero-order chi connectivity index (χ0) is 12.4. The monoisotopic (exact) mass is 251 g/mol. The number of H-pyrrole nitrogens is 1. The van der Waals surface area contributed by atoms with Gasteiger partial charge in [0.15, 0.2) is 0 Å².